The molecule has 0 aliphatic heterocycles. The van der Waals surface area contributed by atoms with Crippen molar-refractivity contribution >= 4 is 16.9 Å². The summed E-state index contributed by atoms with van der Waals surface area (Å²) < 4.78 is 13.9. The highest BCUT2D eigenvalue weighted by Crippen LogP contribution is 2.22. The number of hydrogen-bond donors (Lipinski definition) is 1. The molecule has 0 aliphatic rings. The van der Waals surface area contributed by atoms with E-state index in [1.165, 1.54) is 5.56 Å². The molecule has 0 fully saturated rings. The Morgan fingerprint density at radius 3 is 2.51 bits per heavy atom. The summed E-state index contributed by atoms with van der Waals surface area (Å²) in [5.74, 6) is 2.24. The minimum absolute atomic E-state index is 0.0424. The van der Waals surface area contributed by atoms with Crippen molar-refractivity contribution < 1.29 is 14.3 Å². The highest BCUT2D eigenvalue weighted by atomic mass is 16.5. The molecule has 1 atom stereocenters. The summed E-state index contributed by atoms with van der Waals surface area (Å²) in [7, 11) is 0. The number of carbonyl (C=O) groups excluding carboxylic acids is 1. The zero-order chi connectivity index (χ0) is 24.8. The SMILES string of the molecule is Cc1ccc(OCCCn2c(C(C)NC(=O)COc3cc(C)ccc3C)nc3ccccc32)cc1. The molecule has 4 aromatic rings. The molecule has 1 amide bonds. The fourth-order valence-electron chi connectivity index (χ4n) is 4.06. The number of ether oxygens (including phenoxy) is 2. The Morgan fingerprint density at radius 2 is 1.71 bits per heavy atom. The molecule has 0 saturated heterocycles. The summed E-state index contributed by atoms with van der Waals surface area (Å²) in [4.78, 5) is 17.5. The van der Waals surface area contributed by atoms with Crippen LogP contribution in [0, 0.1) is 20.8 Å². The molecule has 1 unspecified atom stereocenters. The molecule has 0 saturated carbocycles. The van der Waals surface area contributed by atoms with Gasteiger partial charge in [0.1, 0.15) is 17.3 Å². The van der Waals surface area contributed by atoms with Gasteiger partial charge in [0.2, 0.25) is 0 Å². The van der Waals surface area contributed by atoms with E-state index in [9.17, 15) is 4.79 Å². The molecule has 3 aromatic carbocycles. The van der Waals surface area contributed by atoms with E-state index in [1.807, 2.05) is 81.4 Å². The number of para-hydroxylation sites is 2. The van der Waals surface area contributed by atoms with Gasteiger partial charge in [-0.2, -0.15) is 0 Å². The average molecular weight is 472 g/mol. The number of amides is 1. The molecule has 6 nitrogen and oxygen atoms in total. The first kappa shape index (κ1) is 24.3. The van der Waals surface area contributed by atoms with Crippen molar-refractivity contribution in [2.75, 3.05) is 13.2 Å². The van der Waals surface area contributed by atoms with Gasteiger partial charge >= 0.3 is 0 Å². The van der Waals surface area contributed by atoms with Crippen LogP contribution in [0.1, 0.15) is 41.9 Å². The number of aryl methyl sites for hydroxylation is 4. The molecule has 182 valence electrons. The van der Waals surface area contributed by atoms with E-state index in [0.717, 1.165) is 52.4 Å². The van der Waals surface area contributed by atoms with E-state index in [2.05, 4.69) is 22.9 Å². The minimum atomic E-state index is -0.268. The van der Waals surface area contributed by atoms with Crippen molar-refractivity contribution in [3.63, 3.8) is 0 Å². The second kappa shape index (κ2) is 11.1. The standard InChI is InChI=1S/C29H33N3O3/c1-20-11-14-24(15-12-20)34-17-7-16-32-26-9-6-5-8-25(26)31-29(32)23(4)30-28(33)19-35-27-18-21(2)10-13-22(27)3/h5-6,8-15,18,23H,7,16-17,19H2,1-4H3,(H,30,33). The molecule has 6 heteroatoms. The Hall–Kier alpha value is -3.80. The van der Waals surface area contributed by atoms with Crippen LogP contribution in [0.3, 0.4) is 0 Å². The van der Waals surface area contributed by atoms with Crippen LogP contribution in [0.15, 0.2) is 66.7 Å². The van der Waals surface area contributed by atoms with Crippen molar-refractivity contribution in [3.05, 3.63) is 89.2 Å². The topological polar surface area (TPSA) is 65.4 Å². The first-order valence-corrected chi connectivity index (χ1v) is 12.0. The van der Waals surface area contributed by atoms with E-state index >= 15 is 0 Å². The van der Waals surface area contributed by atoms with Crippen molar-refractivity contribution in [2.24, 2.45) is 0 Å². The third-order valence-corrected chi connectivity index (χ3v) is 5.97. The molecule has 0 aliphatic carbocycles. The number of hydrogen-bond acceptors (Lipinski definition) is 4. The van der Waals surface area contributed by atoms with Gasteiger partial charge in [0.05, 0.1) is 23.7 Å². The number of nitrogens with one attached hydrogen (secondary N) is 1. The Morgan fingerprint density at radius 1 is 0.971 bits per heavy atom. The summed E-state index contributed by atoms with van der Waals surface area (Å²) in [5, 5.41) is 3.04. The van der Waals surface area contributed by atoms with Crippen LogP contribution in [0.5, 0.6) is 11.5 Å². The second-order valence-electron chi connectivity index (χ2n) is 8.97. The van der Waals surface area contributed by atoms with Gasteiger partial charge in [-0.15, -0.1) is 0 Å². The number of imidazole rings is 1. The lowest BCUT2D eigenvalue weighted by atomic mass is 10.1. The second-order valence-corrected chi connectivity index (χ2v) is 8.97. The smallest absolute Gasteiger partial charge is 0.258 e. The lowest BCUT2D eigenvalue weighted by Gasteiger charge is -2.17. The third-order valence-electron chi connectivity index (χ3n) is 5.97. The van der Waals surface area contributed by atoms with Gasteiger partial charge in [-0.1, -0.05) is 42.0 Å². The molecule has 1 aromatic heterocycles. The summed E-state index contributed by atoms with van der Waals surface area (Å²) in [6, 6.07) is 21.8. The van der Waals surface area contributed by atoms with Crippen LogP contribution in [-0.4, -0.2) is 28.7 Å². The maximum absolute atomic E-state index is 12.7. The maximum Gasteiger partial charge on any atom is 0.258 e. The average Bonchev–Trinajstić information content (AvgIpc) is 3.22. The first-order chi connectivity index (χ1) is 16.9. The molecular weight excluding hydrogens is 438 g/mol. The van der Waals surface area contributed by atoms with Crippen LogP contribution in [0.4, 0.5) is 0 Å². The normalized spacial score (nSPS) is 11.9. The Bertz CT molecular complexity index is 1290. The highest BCUT2D eigenvalue weighted by molar-refractivity contribution is 5.79. The number of nitrogens with zero attached hydrogens (tertiary/aromatic N) is 2. The van der Waals surface area contributed by atoms with E-state index in [-0.39, 0.29) is 18.6 Å². The zero-order valence-electron chi connectivity index (χ0n) is 20.9. The molecule has 0 bridgehead atoms. The number of carbonyl (C=O) groups is 1. The van der Waals surface area contributed by atoms with Gasteiger partial charge in [-0.05, 0) is 75.6 Å². The number of benzene rings is 3. The summed E-state index contributed by atoms with van der Waals surface area (Å²) in [6.07, 6.45) is 0.817. The molecule has 4 rings (SSSR count). The molecule has 1 N–H and O–H groups in total. The zero-order valence-corrected chi connectivity index (χ0v) is 20.9. The predicted octanol–water partition coefficient (Wildman–Crippen LogP) is 5.69. The van der Waals surface area contributed by atoms with Gasteiger partial charge < -0.3 is 19.4 Å². The van der Waals surface area contributed by atoms with E-state index < -0.39 is 0 Å². The summed E-state index contributed by atoms with van der Waals surface area (Å²) in [5.41, 5.74) is 5.27. The van der Waals surface area contributed by atoms with Crippen LogP contribution in [0.25, 0.3) is 11.0 Å². The number of aromatic nitrogens is 2. The van der Waals surface area contributed by atoms with E-state index in [1.54, 1.807) is 0 Å². The lowest BCUT2D eigenvalue weighted by Crippen LogP contribution is -2.32. The first-order valence-electron chi connectivity index (χ1n) is 12.0. The highest BCUT2D eigenvalue weighted by Gasteiger charge is 2.19. The molecular formula is C29H33N3O3. The minimum Gasteiger partial charge on any atom is -0.494 e. The van der Waals surface area contributed by atoms with Crippen molar-refractivity contribution in [3.8, 4) is 11.5 Å². The molecule has 35 heavy (non-hydrogen) atoms. The van der Waals surface area contributed by atoms with E-state index in [0.29, 0.717) is 6.61 Å². The largest absolute Gasteiger partial charge is 0.494 e. The Balaban J connectivity index is 1.39. The fourth-order valence-corrected chi connectivity index (χ4v) is 4.06. The Kier molecular flexibility index (Phi) is 7.70. The summed E-state index contributed by atoms with van der Waals surface area (Å²) >= 11 is 0. The predicted molar refractivity (Wildman–Crippen MR) is 139 cm³/mol. The quantitative estimate of drug-likeness (QED) is 0.302. The lowest BCUT2D eigenvalue weighted by molar-refractivity contribution is -0.123. The van der Waals surface area contributed by atoms with Gasteiger partial charge in [0, 0.05) is 6.54 Å². The van der Waals surface area contributed by atoms with Crippen LogP contribution < -0.4 is 14.8 Å². The van der Waals surface area contributed by atoms with Crippen LogP contribution in [0.2, 0.25) is 0 Å². The van der Waals surface area contributed by atoms with Gasteiger partial charge in [-0.3, -0.25) is 4.79 Å². The molecule has 0 spiro atoms. The van der Waals surface area contributed by atoms with Crippen LogP contribution >= 0.6 is 0 Å². The molecule has 1 heterocycles. The Labute approximate surface area is 206 Å². The molecule has 0 radical (unpaired) electrons. The van der Waals surface area contributed by atoms with Crippen molar-refractivity contribution in [1.29, 1.82) is 0 Å². The summed E-state index contributed by atoms with van der Waals surface area (Å²) in [6.45, 7) is 9.28. The van der Waals surface area contributed by atoms with Crippen LogP contribution in [-0.2, 0) is 11.3 Å². The number of fused-ring (bicyclic) bond motifs is 1. The van der Waals surface area contributed by atoms with Gasteiger partial charge in [0.15, 0.2) is 6.61 Å². The maximum atomic E-state index is 12.7. The van der Waals surface area contributed by atoms with Crippen molar-refractivity contribution in [2.45, 2.75) is 46.7 Å². The van der Waals surface area contributed by atoms with Gasteiger partial charge in [-0.25, -0.2) is 4.98 Å². The number of rotatable bonds is 10. The monoisotopic (exact) mass is 471 g/mol. The van der Waals surface area contributed by atoms with Gasteiger partial charge in [0.25, 0.3) is 5.91 Å². The fraction of sp³-hybridized carbons (Fsp3) is 0.310. The van der Waals surface area contributed by atoms with E-state index in [4.69, 9.17) is 14.5 Å². The van der Waals surface area contributed by atoms with Crippen molar-refractivity contribution in [1.82, 2.24) is 14.9 Å². The third kappa shape index (κ3) is 6.21.